The van der Waals surface area contributed by atoms with E-state index in [1.807, 2.05) is 0 Å². The van der Waals surface area contributed by atoms with E-state index in [9.17, 15) is 0 Å². The molecule has 0 N–H and O–H groups in total. The second-order valence-corrected chi connectivity index (χ2v) is 7.86. The van der Waals surface area contributed by atoms with Gasteiger partial charge in [0.15, 0.2) is 0 Å². The lowest BCUT2D eigenvalue weighted by Gasteiger charge is -2.37. The maximum Gasteiger partial charge on any atom is 0.0971 e. The standard InChI is InChI=1S/2C12H26N/c2*1-5-9-13(10-6-2,11-7-3)12-8-4/h5,9H,6-8,10-12H2,1-4H3;5H,1,6-12H2,2-4H3/q2*+1/b9-5-;. The van der Waals surface area contributed by atoms with E-state index in [4.69, 9.17) is 0 Å². The van der Waals surface area contributed by atoms with Crippen LogP contribution in [0, 0.1) is 0 Å². The van der Waals surface area contributed by atoms with Gasteiger partial charge in [-0.1, -0.05) is 48.1 Å². The molecular weight excluding hydrogens is 316 g/mol. The lowest BCUT2D eigenvalue weighted by molar-refractivity contribution is -0.923. The summed E-state index contributed by atoms with van der Waals surface area (Å²) in [4.78, 5) is 0. The smallest absolute Gasteiger partial charge is 0.0971 e. The van der Waals surface area contributed by atoms with Gasteiger partial charge in [0.05, 0.1) is 52.0 Å². The minimum atomic E-state index is 1.15. The minimum Gasteiger partial charge on any atom is -0.320 e. The number of rotatable bonds is 15. The summed E-state index contributed by atoms with van der Waals surface area (Å²) in [6.45, 7) is 28.7. The van der Waals surface area contributed by atoms with Crippen LogP contribution in [0.3, 0.4) is 0 Å². The second kappa shape index (κ2) is 17.8. The first-order valence-electron chi connectivity index (χ1n) is 11.4. The topological polar surface area (TPSA) is 0 Å². The van der Waals surface area contributed by atoms with Gasteiger partial charge in [-0.05, 0) is 57.6 Å². The third-order valence-corrected chi connectivity index (χ3v) is 5.08. The van der Waals surface area contributed by atoms with Crippen molar-refractivity contribution in [3.05, 3.63) is 24.9 Å². The van der Waals surface area contributed by atoms with Crippen LogP contribution in [0.4, 0.5) is 0 Å². The number of hydrogen-bond donors (Lipinski definition) is 0. The van der Waals surface area contributed by atoms with Crippen LogP contribution in [0.15, 0.2) is 24.9 Å². The summed E-state index contributed by atoms with van der Waals surface area (Å²) in [7, 11) is 0. The summed E-state index contributed by atoms with van der Waals surface area (Å²) < 4.78 is 2.45. The number of quaternary nitrogens is 2. The molecule has 0 aromatic rings. The number of nitrogens with zero attached hydrogens (tertiary/aromatic N) is 2. The zero-order valence-corrected chi connectivity index (χ0v) is 19.5. The van der Waals surface area contributed by atoms with Gasteiger partial charge in [0, 0.05) is 0 Å². The Bertz CT molecular complexity index is 299. The first-order chi connectivity index (χ1) is 12.5. The van der Waals surface area contributed by atoms with E-state index in [1.165, 1.54) is 86.8 Å². The molecule has 0 heterocycles. The van der Waals surface area contributed by atoms with E-state index in [0.717, 1.165) is 6.54 Å². The molecule has 156 valence electrons. The van der Waals surface area contributed by atoms with Crippen LogP contribution in [0.5, 0.6) is 0 Å². The molecule has 0 amide bonds. The average Bonchev–Trinajstić information content (AvgIpc) is 2.57. The van der Waals surface area contributed by atoms with Gasteiger partial charge in [-0.2, -0.15) is 0 Å². The molecule has 0 aromatic heterocycles. The van der Waals surface area contributed by atoms with E-state index < -0.39 is 0 Å². The van der Waals surface area contributed by atoms with Gasteiger partial charge in [-0.3, -0.25) is 4.48 Å². The fourth-order valence-corrected chi connectivity index (χ4v) is 4.52. The highest BCUT2D eigenvalue weighted by Crippen LogP contribution is 2.13. The molecular formula is C24H52N2+2. The first-order valence-corrected chi connectivity index (χ1v) is 11.4. The van der Waals surface area contributed by atoms with E-state index in [-0.39, 0.29) is 0 Å². The average molecular weight is 369 g/mol. The molecule has 0 aromatic carbocycles. The Morgan fingerprint density at radius 3 is 1.19 bits per heavy atom. The van der Waals surface area contributed by atoms with Crippen LogP contribution in [-0.4, -0.2) is 54.8 Å². The second-order valence-electron chi connectivity index (χ2n) is 7.86. The van der Waals surface area contributed by atoms with Crippen molar-refractivity contribution in [3.8, 4) is 0 Å². The van der Waals surface area contributed by atoms with E-state index >= 15 is 0 Å². The van der Waals surface area contributed by atoms with Crippen LogP contribution in [0.25, 0.3) is 0 Å². The molecule has 0 aliphatic heterocycles. The van der Waals surface area contributed by atoms with E-state index in [0.29, 0.717) is 0 Å². The summed E-state index contributed by atoms with van der Waals surface area (Å²) in [5.74, 6) is 0. The molecule has 0 bridgehead atoms. The molecule has 0 aliphatic rings. The van der Waals surface area contributed by atoms with Crippen molar-refractivity contribution in [2.45, 2.75) is 87.0 Å². The summed E-state index contributed by atoms with van der Waals surface area (Å²) in [6.07, 6.45) is 14.4. The fourth-order valence-electron chi connectivity index (χ4n) is 4.52. The molecule has 0 fully saturated rings. The Labute approximate surface area is 167 Å². The lowest BCUT2D eigenvalue weighted by atomic mass is 10.2. The van der Waals surface area contributed by atoms with Crippen LogP contribution in [0.1, 0.15) is 87.0 Å². The van der Waals surface area contributed by atoms with Gasteiger partial charge in [0.1, 0.15) is 0 Å². The van der Waals surface area contributed by atoms with Crippen LogP contribution in [-0.2, 0) is 0 Å². The summed E-state index contributed by atoms with van der Waals surface area (Å²) in [5.41, 5.74) is 0. The zero-order chi connectivity index (χ0) is 20.3. The molecule has 26 heavy (non-hydrogen) atoms. The third-order valence-electron chi connectivity index (χ3n) is 5.08. The molecule has 0 saturated carbocycles. The largest absolute Gasteiger partial charge is 0.320 e. The SMILES string of the molecule is C/C=C\[N+](CCC)(CCC)CCC.C=CC[N+](CCC)(CCC)CCC. The van der Waals surface area contributed by atoms with Gasteiger partial charge in [0.2, 0.25) is 0 Å². The summed E-state index contributed by atoms with van der Waals surface area (Å²) in [5, 5.41) is 0. The molecule has 0 saturated heterocycles. The maximum atomic E-state index is 3.88. The Balaban J connectivity index is 0. The van der Waals surface area contributed by atoms with Gasteiger partial charge in [-0.15, -0.1) is 0 Å². The van der Waals surface area contributed by atoms with Crippen molar-refractivity contribution in [3.63, 3.8) is 0 Å². The summed E-state index contributed by atoms with van der Waals surface area (Å²) >= 11 is 0. The molecule has 0 radical (unpaired) electrons. The molecule has 2 nitrogen and oxygen atoms in total. The third kappa shape index (κ3) is 11.9. The van der Waals surface area contributed by atoms with Gasteiger partial charge in [0.25, 0.3) is 0 Å². The van der Waals surface area contributed by atoms with Crippen molar-refractivity contribution < 1.29 is 8.97 Å². The van der Waals surface area contributed by atoms with Gasteiger partial charge >= 0.3 is 0 Å². The quantitative estimate of drug-likeness (QED) is 0.220. The van der Waals surface area contributed by atoms with Crippen molar-refractivity contribution in [1.29, 1.82) is 0 Å². The van der Waals surface area contributed by atoms with Crippen LogP contribution in [0.2, 0.25) is 0 Å². The Morgan fingerprint density at radius 1 is 0.615 bits per heavy atom. The molecule has 0 unspecified atom stereocenters. The van der Waals surface area contributed by atoms with Crippen molar-refractivity contribution >= 4 is 0 Å². The monoisotopic (exact) mass is 368 g/mol. The number of hydrogen-bond acceptors (Lipinski definition) is 0. The van der Waals surface area contributed by atoms with Crippen LogP contribution < -0.4 is 0 Å². The van der Waals surface area contributed by atoms with Gasteiger partial charge < -0.3 is 4.48 Å². The zero-order valence-electron chi connectivity index (χ0n) is 19.5. The van der Waals surface area contributed by atoms with E-state index in [1.54, 1.807) is 0 Å². The first kappa shape index (κ1) is 27.6. The Kier molecular flexibility index (Phi) is 18.9. The normalized spacial score (nSPS) is 12.1. The Morgan fingerprint density at radius 2 is 0.962 bits per heavy atom. The highest BCUT2D eigenvalue weighted by atomic mass is 15.3. The Hall–Kier alpha value is -0.600. The van der Waals surface area contributed by atoms with E-state index in [2.05, 4.69) is 73.4 Å². The predicted octanol–water partition coefficient (Wildman–Crippen LogP) is 6.79. The predicted molar refractivity (Wildman–Crippen MR) is 121 cm³/mol. The van der Waals surface area contributed by atoms with Crippen LogP contribution >= 0.6 is 0 Å². The highest BCUT2D eigenvalue weighted by molar-refractivity contribution is 4.69. The molecule has 2 heteroatoms. The lowest BCUT2D eigenvalue weighted by Crippen LogP contribution is -2.49. The van der Waals surface area contributed by atoms with Crippen molar-refractivity contribution in [1.82, 2.24) is 0 Å². The van der Waals surface area contributed by atoms with Gasteiger partial charge in [-0.25, -0.2) is 0 Å². The minimum absolute atomic E-state index is 1.15. The summed E-state index contributed by atoms with van der Waals surface area (Å²) in [6, 6.07) is 0. The van der Waals surface area contributed by atoms with Crippen molar-refractivity contribution in [2.75, 3.05) is 45.8 Å². The molecule has 0 atom stereocenters. The fraction of sp³-hybridized carbons (Fsp3) is 0.833. The van der Waals surface area contributed by atoms with Crippen molar-refractivity contribution in [2.24, 2.45) is 0 Å². The molecule has 0 spiro atoms. The molecule has 0 aliphatic carbocycles. The molecule has 0 rings (SSSR count). The maximum absolute atomic E-state index is 3.88. The highest BCUT2D eigenvalue weighted by Gasteiger charge is 2.22. The number of allylic oxidation sites excluding steroid dienone is 1.